The summed E-state index contributed by atoms with van der Waals surface area (Å²) >= 11 is 6.24. The fourth-order valence-electron chi connectivity index (χ4n) is 5.22. The minimum atomic E-state index is -0.274. The molecule has 1 fully saturated rings. The van der Waals surface area contributed by atoms with Crippen molar-refractivity contribution in [3.63, 3.8) is 0 Å². The van der Waals surface area contributed by atoms with Crippen LogP contribution in [-0.4, -0.2) is 15.6 Å². The summed E-state index contributed by atoms with van der Waals surface area (Å²) in [5.74, 6) is 0. The van der Waals surface area contributed by atoms with E-state index in [1.165, 1.54) is 19.3 Å². The van der Waals surface area contributed by atoms with Crippen LogP contribution in [-0.2, 0) is 0 Å². The molecule has 35 heavy (non-hydrogen) atoms. The van der Waals surface area contributed by atoms with Crippen LogP contribution in [0.3, 0.4) is 0 Å². The summed E-state index contributed by atoms with van der Waals surface area (Å²) in [6.07, 6.45) is 7.51. The molecule has 1 saturated carbocycles. The molecule has 0 bridgehead atoms. The maximum atomic E-state index is 6.24. The Morgan fingerprint density at radius 3 is 2.29 bits per heavy atom. The number of benzene rings is 3. The van der Waals surface area contributed by atoms with E-state index >= 15 is 0 Å². The second-order valence-corrected chi connectivity index (χ2v) is 9.79. The molecule has 0 radical (unpaired) electrons. The van der Waals surface area contributed by atoms with Crippen LogP contribution in [0.5, 0.6) is 0 Å². The first kappa shape index (κ1) is 21.9. The molecule has 2 aromatic heterocycles. The van der Waals surface area contributed by atoms with E-state index in [2.05, 4.69) is 82.3 Å². The van der Waals surface area contributed by atoms with Gasteiger partial charge < -0.3 is 10.6 Å². The van der Waals surface area contributed by atoms with Crippen LogP contribution in [0, 0.1) is 0 Å². The molecule has 0 atom stereocenters. The second kappa shape index (κ2) is 9.20. The zero-order valence-corrected chi connectivity index (χ0v) is 20.2. The minimum absolute atomic E-state index is 0.274. The van der Waals surface area contributed by atoms with Crippen molar-refractivity contribution in [3.8, 4) is 11.3 Å². The second-order valence-electron chi connectivity index (χ2n) is 9.35. The Kier molecular flexibility index (Phi) is 5.75. The highest BCUT2D eigenvalue weighted by molar-refractivity contribution is 6.31. The van der Waals surface area contributed by atoms with Gasteiger partial charge in [-0.25, -0.2) is 4.98 Å². The van der Waals surface area contributed by atoms with E-state index in [1.807, 2.05) is 24.4 Å². The topological polar surface area (TPSA) is 49.8 Å². The molecule has 3 aromatic carbocycles. The number of fused-ring (bicyclic) bond motifs is 2. The highest BCUT2D eigenvalue weighted by atomic mass is 35.5. The number of nitrogens with zero attached hydrogens (tertiary/aromatic N) is 2. The lowest BCUT2D eigenvalue weighted by atomic mass is 9.87. The molecule has 2 N–H and O–H groups in total. The van der Waals surface area contributed by atoms with Crippen molar-refractivity contribution in [2.45, 2.75) is 37.8 Å². The Labute approximate surface area is 210 Å². The van der Waals surface area contributed by atoms with Gasteiger partial charge in [-0.1, -0.05) is 66.6 Å². The van der Waals surface area contributed by atoms with Crippen molar-refractivity contribution < 1.29 is 0 Å². The first-order valence-corrected chi connectivity index (χ1v) is 12.6. The number of aromatic nitrogens is 2. The molecule has 5 heteroatoms. The highest BCUT2D eigenvalue weighted by Gasteiger charge is 2.33. The maximum absolute atomic E-state index is 6.24. The molecule has 1 aliphatic carbocycles. The van der Waals surface area contributed by atoms with E-state index < -0.39 is 0 Å². The monoisotopic (exact) mass is 478 g/mol. The van der Waals surface area contributed by atoms with Crippen LogP contribution in [0.4, 0.5) is 11.4 Å². The smallest absolute Gasteiger partial charge is 0.108 e. The highest BCUT2D eigenvalue weighted by Crippen LogP contribution is 2.38. The number of nitrogens with one attached hydrogen (secondary N) is 2. The lowest BCUT2D eigenvalue weighted by Gasteiger charge is -2.41. The van der Waals surface area contributed by atoms with Crippen molar-refractivity contribution in [2.75, 3.05) is 10.6 Å². The predicted octanol–water partition coefficient (Wildman–Crippen LogP) is 8.29. The van der Waals surface area contributed by atoms with Gasteiger partial charge in [-0.15, -0.1) is 0 Å². The molecule has 0 unspecified atom stereocenters. The molecule has 0 aliphatic heterocycles. The van der Waals surface area contributed by atoms with Crippen LogP contribution in [0.2, 0.25) is 5.02 Å². The molecule has 0 spiro atoms. The van der Waals surface area contributed by atoms with E-state index in [0.717, 1.165) is 57.3 Å². The van der Waals surface area contributed by atoms with Gasteiger partial charge in [0.05, 0.1) is 16.7 Å². The van der Waals surface area contributed by atoms with E-state index in [1.54, 1.807) is 0 Å². The normalized spacial score (nSPS) is 15.2. The molecule has 4 nitrogen and oxygen atoms in total. The van der Waals surface area contributed by atoms with Crippen LogP contribution < -0.4 is 10.6 Å². The van der Waals surface area contributed by atoms with Crippen molar-refractivity contribution >= 4 is 44.8 Å². The summed E-state index contributed by atoms with van der Waals surface area (Å²) in [6.45, 7) is 0. The average Bonchev–Trinajstić information content (AvgIpc) is 2.89. The molecule has 0 amide bonds. The van der Waals surface area contributed by atoms with E-state index in [9.17, 15) is 0 Å². The van der Waals surface area contributed by atoms with Gasteiger partial charge in [-0.2, -0.15) is 0 Å². The Balaban J connectivity index is 1.44. The third-order valence-corrected chi connectivity index (χ3v) is 7.18. The number of hydrogen-bond acceptors (Lipinski definition) is 4. The van der Waals surface area contributed by atoms with Gasteiger partial charge in [0.25, 0.3) is 0 Å². The van der Waals surface area contributed by atoms with Crippen molar-refractivity contribution in [1.29, 1.82) is 0 Å². The lowest BCUT2D eigenvalue weighted by Crippen LogP contribution is -2.47. The van der Waals surface area contributed by atoms with Crippen LogP contribution in [0.1, 0.15) is 32.1 Å². The number of para-hydroxylation sites is 1. The summed E-state index contributed by atoms with van der Waals surface area (Å²) in [7, 11) is 0. The van der Waals surface area contributed by atoms with Gasteiger partial charge in [-0.3, -0.25) is 4.98 Å². The minimum Gasteiger partial charge on any atom is -0.362 e. The SMILES string of the molecule is Clc1ccc2c(NC3(Nc4cc(-c5ccccc5)nc5ccccc45)CCCCC3)ccnc2c1. The zero-order valence-electron chi connectivity index (χ0n) is 19.5. The third-order valence-electron chi connectivity index (χ3n) is 6.95. The number of rotatable bonds is 5. The first-order valence-electron chi connectivity index (χ1n) is 12.3. The number of anilines is 2. The standard InChI is InChI=1S/C30H27ClN4/c31-22-13-14-24-26(15-18-32-28(24)19-22)34-30(16-7-2-8-17-30)35-29-20-27(21-9-3-1-4-10-21)33-25-12-6-5-11-23(25)29/h1,3-6,9-15,18-20H,2,7-8,16-17H2,(H,32,34)(H,33,35). The summed E-state index contributed by atoms with van der Waals surface area (Å²) in [5, 5.41) is 10.8. The summed E-state index contributed by atoms with van der Waals surface area (Å²) < 4.78 is 0. The lowest BCUT2D eigenvalue weighted by molar-refractivity contribution is 0.360. The molecular weight excluding hydrogens is 452 g/mol. The third kappa shape index (κ3) is 4.42. The van der Waals surface area contributed by atoms with Crippen LogP contribution in [0.15, 0.2) is 91.1 Å². The maximum Gasteiger partial charge on any atom is 0.108 e. The predicted molar refractivity (Wildman–Crippen MR) is 147 cm³/mol. The van der Waals surface area contributed by atoms with E-state index in [4.69, 9.17) is 16.6 Å². The fourth-order valence-corrected chi connectivity index (χ4v) is 5.38. The van der Waals surface area contributed by atoms with Crippen LogP contribution >= 0.6 is 11.6 Å². The number of pyridine rings is 2. The fraction of sp³-hybridized carbons (Fsp3) is 0.200. The van der Waals surface area contributed by atoms with Gasteiger partial charge in [0.2, 0.25) is 0 Å². The van der Waals surface area contributed by atoms with Crippen molar-refractivity contribution in [1.82, 2.24) is 9.97 Å². The number of hydrogen-bond donors (Lipinski definition) is 2. The van der Waals surface area contributed by atoms with Gasteiger partial charge in [-0.05, 0) is 62.1 Å². The van der Waals surface area contributed by atoms with Crippen molar-refractivity contribution in [2.24, 2.45) is 0 Å². The van der Waals surface area contributed by atoms with Crippen molar-refractivity contribution in [3.05, 3.63) is 96.1 Å². The first-order chi connectivity index (χ1) is 17.2. The van der Waals surface area contributed by atoms with Gasteiger partial charge in [0.15, 0.2) is 0 Å². The summed E-state index contributed by atoms with van der Waals surface area (Å²) in [6, 6.07) is 28.9. The quantitative estimate of drug-likeness (QED) is 0.249. The molecule has 174 valence electrons. The summed E-state index contributed by atoms with van der Waals surface area (Å²) in [5.41, 5.74) is 5.88. The Morgan fingerprint density at radius 1 is 0.686 bits per heavy atom. The number of halogens is 1. The molecule has 5 aromatic rings. The zero-order chi connectivity index (χ0) is 23.7. The Morgan fingerprint density at radius 2 is 1.43 bits per heavy atom. The van der Waals surface area contributed by atoms with E-state index in [0.29, 0.717) is 5.02 Å². The molecular formula is C30H27ClN4. The largest absolute Gasteiger partial charge is 0.362 e. The molecule has 2 heterocycles. The molecule has 1 aliphatic rings. The molecule has 6 rings (SSSR count). The molecule has 0 saturated heterocycles. The average molecular weight is 479 g/mol. The van der Waals surface area contributed by atoms with Crippen LogP contribution in [0.25, 0.3) is 33.1 Å². The Hall–Kier alpha value is -3.63. The summed E-state index contributed by atoms with van der Waals surface area (Å²) in [4.78, 5) is 9.51. The van der Waals surface area contributed by atoms with Gasteiger partial charge in [0.1, 0.15) is 5.66 Å². The Bertz CT molecular complexity index is 1490. The van der Waals surface area contributed by atoms with Gasteiger partial charge in [0, 0.05) is 38.9 Å². The van der Waals surface area contributed by atoms with E-state index in [-0.39, 0.29) is 5.66 Å². The van der Waals surface area contributed by atoms with Gasteiger partial charge >= 0.3 is 0 Å².